The Kier molecular flexibility index (Phi) is 87.3. The summed E-state index contributed by atoms with van der Waals surface area (Å²) in [6, 6.07) is 3.54. The molecule has 0 radical (unpaired) electrons. The number of hydrogen-bond acceptors (Lipinski definition) is 40. The molecule has 3 N–H and O–H groups in total. The number of aliphatic imine (C=N–C) groups is 2. The summed E-state index contributed by atoms with van der Waals surface area (Å²) in [7, 11) is -12.0. The number of nitrogens with zero attached hydrogens (tertiary/aromatic N) is 2. The number of carbonyl (C=O) groups excluding carboxylic acids is 12. The standard InChI is InChI=1S/C31H49NO13Si.C26H53NO11Si2.C16H32O7Si.C10H21NO4Si.C7H9NO3/c1-21(2)28(35)40-15-13-32-31(38)45-24(17-39-14-10-16-46(7,8)9)18-41-26(33)11-12-27(34)44-25(19-42-29(36)22(3)4)20-43-30(37)23(5)6;1-9-32-39(33-10-2,34-11-3)19-15-17-27-26(29)38-24(22-31-25(28)23(7)8)21-30-18-16-20-40(35-12-4,36-13-5)37-14-6;1-6-21-24(22-7-2,23-8-3)11-9-10-19-12-15(17)13-20-16(18)14(4)5;1-4-13-16(14-5-2,15-6-3)9-7-8-11-10-12;1-6(2)7(10)11-4-3-8-5-9/h24-25H,1,3,5,10-20H2,2,4,6-9H3,(H,32,38);24H,7,9-22H2,1-6,8H3,(H,27,29);15,17H,4,6-13H2,1-3,5H3;4-9H2,1-3H3;1,3-4H2,2H3. The third-order valence-corrected chi connectivity index (χ3v) is 30.9. The number of esters is 8. The summed E-state index contributed by atoms with van der Waals surface area (Å²) >= 11 is 0. The fraction of sp³-hybridized carbons (Fsp3) is 0.733. The molecule has 0 aliphatic rings. The van der Waals surface area contributed by atoms with Gasteiger partial charge in [0.2, 0.25) is 12.2 Å². The van der Waals surface area contributed by atoms with Gasteiger partial charge in [-0.15, -0.1) is 0 Å². The normalized spacial score (nSPS) is 11.8. The van der Waals surface area contributed by atoms with E-state index in [0.29, 0.717) is 167 Å². The first-order valence-corrected chi connectivity index (χ1v) is 57.7. The number of nitrogens with one attached hydrogen (secondary N) is 2. The molecular formula is C90H164N4O38Si5. The minimum atomic E-state index is -2.79. The van der Waals surface area contributed by atoms with E-state index in [1.54, 1.807) is 20.8 Å². The van der Waals surface area contributed by atoms with Crippen LogP contribution in [-0.4, -0.2) is 336 Å². The highest BCUT2D eigenvalue weighted by Crippen LogP contribution is 2.23. The molecule has 0 aromatic carbocycles. The van der Waals surface area contributed by atoms with Crippen LogP contribution in [-0.2, 0) is 163 Å². The summed E-state index contributed by atoms with van der Waals surface area (Å²) in [4.78, 5) is 144. The van der Waals surface area contributed by atoms with E-state index in [-0.39, 0.29) is 94.7 Å². The monoisotopic (exact) mass is 2050 g/mol. The molecule has 0 aliphatic carbocycles. The number of hydrogen-bond donors (Lipinski definition) is 3. The van der Waals surface area contributed by atoms with Gasteiger partial charge in [0, 0.05) is 171 Å². The average molecular weight is 2050 g/mol. The van der Waals surface area contributed by atoms with Crippen molar-refractivity contribution in [3.05, 3.63) is 72.9 Å². The van der Waals surface area contributed by atoms with Gasteiger partial charge in [-0.05, 0) is 157 Å². The molecule has 2 amide bonds. The van der Waals surface area contributed by atoms with Crippen molar-refractivity contribution < 1.29 is 177 Å². The minimum Gasteiger partial charge on any atom is -0.462 e. The molecule has 0 saturated carbocycles. The van der Waals surface area contributed by atoms with Gasteiger partial charge in [-0.1, -0.05) is 65.2 Å². The van der Waals surface area contributed by atoms with Crippen LogP contribution >= 0.6 is 0 Å². The van der Waals surface area contributed by atoms with Crippen LogP contribution in [0.15, 0.2) is 82.9 Å². The molecule has 0 aliphatic heterocycles. The Balaban J connectivity index is -0.000000574. The minimum absolute atomic E-state index is 0.0245. The van der Waals surface area contributed by atoms with E-state index < -0.39 is 147 Å². The second-order valence-electron chi connectivity index (χ2n) is 30.4. The number of aliphatic hydroxyl groups excluding tert-OH is 1. The molecule has 0 heterocycles. The SMILES string of the molecule is C=C(C)C(=O)OCC(COCCC[Si](OCC)(OCC)OCC)OC(=O)NCCC[Si](OCC)(OCC)OCC.C=C(C)C(=O)OCC(O)COCCC[Si](OCC)(OCC)OCC.C=C(C)C(=O)OCCN=C=O.C=C(C)C(=O)OCCNC(=O)OC(COCCC[Si](C)(C)C)COC(=O)CCC(=O)OC(COC(=O)C(=C)C)COC(=O)C(=C)C.CCO[Si](CCCN=C=O)(OCC)OCC. The van der Waals surface area contributed by atoms with E-state index in [1.807, 2.05) is 83.1 Å². The number of rotatable bonds is 78. The van der Waals surface area contributed by atoms with Crippen LogP contribution in [0, 0.1) is 0 Å². The van der Waals surface area contributed by atoms with Gasteiger partial charge in [0.15, 0.2) is 18.3 Å². The molecule has 3 atom stereocenters. The first-order chi connectivity index (χ1) is 64.9. The number of amides is 2. The number of isocyanates is 2. The van der Waals surface area contributed by atoms with E-state index in [1.165, 1.54) is 32.9 Å². The van der Waals surface area contributed by atoms with Crippen molar-refractivity contribution in [1.82, 2.24) is 10.6 Å². The molecule has 0 rings (SSSR count). The largest absolute Gasteiger partial charge is 0.501 e. The van der Waals surface area contributed by atoms with Gasteiger partial charge < -0.3 is 130 Å². The fourth-order valence-electron chi connectivity index (χ4n) is 10.5. The third kappa shape index (κ3) is 78.3. The van der Waals surface area contributed by atoms with E-state index in [9.17, 15) is 62.6 Å². The zero-order chi connectivity index (χ0) is 105. The molecule has 0 bridgehead atoms. The molecule has 0 saturated heterocycles. The first-order valence-electron chi connectivity index (χ1n) is 46.3. The molecule has 42 nitrogen and oxygen atoms in total. The number of aliphatic hydroxyl groups is 1. The zero-order valence-corrected chi connectivity index (χ0v) is 90.5. The predicted octanol–water partition coefficient (Wildman–Crippen LogP) is 11.6. The van der Waals surface area contributed by atoms with Crippen LogP contribution in [0.3, 0.4) is 0 Å². The Morgan fingerprint density at radius 1 is 0.307 bits per heavy atom. The molecule has 792 valence electrons. The molecule has 3 unspecified atom stereocenters. The van der Waals surface area contributed by atoms with Gasteiger partial charge in [-0.25, -0.2) is 57.9 Å². The Morgan fingerprint density at radius 3 is 0.905 bits per heavy atom. The van der Waals surface area contributed by atoms with Crippen molar-refractivity contribution in [3.8, 4) is 0 Å². The second kappa shape index (κ2) is 87.0. The van der Waals surface area contributed by atoms with Crippen molar-refractivity contribution in [2.45, 2.75) is 244 Å². The van der Waals surface area contributed by atoms with Crippen LogP contribution in [0.25, 0.3) is 0 Å². The van der Waals surface area contributed by atoms with Crippen molar-refractivity contribution >= 4 is 115 Å². The van der Waals surface area contributed by atoms with Crippen LogP contribution in [0.5, 0.6) is 0 Å². The number of carbonyl (C=O) groups is 10. The molecular weight excluding hydrogens is 1890 g/mol. The summed E-state index contributed by atoms with van der Waals surface area (Å²) < 4.78 is 137. The molecule has 0 spiro atoms. The molecule has 47 heteroatoms. The van der Waals surface area contributed by atoms with Gasteiger partial charge in [0.25, 0.3) is 0 Å². The molecule has 0 aromatic heterocycles. The van der Waals surface area contributed by atoms with E-state index in [0.717, 1.165) is 18.9 Å². The molecule has 0 fully saturated rings. The number of ether oxygens (including phenoxy) is 13. The van der Waals surface area contributed by atoms with Crippen molar-refractivity contribution in [3.63, 3.8) is 0 Å². The summed E-state index contributed by atoms with van der Waals surface area (Å²) in [5.74, 6) is -5.23. The summed E-state index contributed by atoms with van der Waals surface area (Å²) in [5, 5.41) is 14.8. The van der Waals surface area contributed by atoms with E-state index in [2.05, 4.69) is 84.5 Å². The van der Waals surface area contributed by atoms with Gasteiger partial charge in [0.05, 0.1) is 52.3 Å². The fourth-order valence-corrected chi connectivity index (χ4v) is 22.1. The van der Waals surface area contributed by atoms with Crippen LogP contribution in [0.4, 0.5) is 9.59 Å². The summed E-state index contributed by atoms with van der Waals surface area (Å²) in [5.41, 5.74) is 1.34. The molecule has 0 aromatic rings. The highest BCUT2D eigenvalue weighted by Gasteiger charge is 2.43. The van der Waals surface area contributed by atoms with E-state index >= 15 is 0 Å². The lowest BCUT2D eigenvalue weighted by atomic mass is 10.3. The lowest BCUT2D eigenvalue weighted by Gasteiger charge is -2.28. The van der Waals surface area contributed by atoms with Crippen LogP contribution in [0.1, 0.15) is 170 Å². The predicted molar refractivity (Wildman–Crippen MR) is 519 cm³/mol. The van der Waals surface area contributed by atoms with Gasteiger partial charge in [-0.3, -0.25) is 9.59 Å². The lowest BCUT2D eigenvalue weighted by Crippen LogP contribution is -2.46. The summed E-state index contributed by atoms with van der Waals surface area (Å²) in [6.07, 6.45) is 0.261. The Hall–Kier alpha value is -8.06. The highest BCUT2D eigenvalue weighted by molar-refractivity contribution is 6.76. The van der Waals surface area contributed by atoms with E-state index in [4.69, 9.17) is 110 Å². The maximum Gasteiger partial charge on any atom is 0.501 e. The Bertz CT molecular complexity index is 3430. The number of alkyl carbamates (subject to hydrolysis) is 2. The highest BCUT2D eigenvalue weighted by atomic mass is 28.4. The quantitative estimate of drug-likeness (QED) is 0.00968. The van der Waals surface area contributed by atoms with Crippen LogP contribution in [0.2, 0.25) is 49.9 Å². The first kappa shape index (κ1) is 137. The smallest absolute Gasteiger partial charge is 0.462 e. The van der Waals surface area contributed by atoms with Crippen molar-refractivity contribution in [2.75, 3.05) is 191 Å². The maximum absolute atomic E-state index is 12.5. The van der Waals surface area contributed by atoms with Crippen molar-refractivity contribution in [2.24, 2.45) is 9.98 Å². The second-order valence-corrected chi connectivity index (χ2v) is 46.9. The summed E-state index contributed by atoms with van der Waals surface area (Å²) in [6.45, 7) is 66.5. The maximum atomic E-state index is 12.5. The van der Waals surface area contributed by atoms with Gasteiger partial charge >= 0.3 is 95.2 Å². The molecule has 137 heavy (non-hydrogen) atoms. The van der Waals surface area contributed by atoms with Crippen molar-refractivity contribution in [1.29, 1.82) is 0 Å². The van der Waals surface area contributed by atoms with Crippen LogP contribution < -0.4 is 10.6 Å². The zero-order valence-electron chi connectivity index (χ0n) is 85.5. The lowest BCUT2D eigenvalue weighted by molar-refractivity contribution is -0.165. The topological polar surface area (TPSA) is 505 Å². The Labute approximate surface area is 817 Å². The van der Waals surface area contributed by atoms with Gasteiger partial charge in [-0.2, -0.15) is 0 Å². The van der Waals surface area contributed by atoms with Gasteiger partial charge in [0.1, 0.15) is 52.4 Å². The Morgan fingerprint density at radius 2 is 0.577 bits per heavy atom. The third-order valence-electron chi connectivity index (χ3n) is 16.4. The average Bonchev–Trinajstić information content (AvgIpc) is 0.886.